The third-order valence-corrected chi connectivity index (χ3v) is 4.56. The van der Waals surface area contributed by atoms with Gasteiger partial charge in [-0.05, 0) is 56.2 Å². The molecule has 0 radical (unpaired) electrons. The first-order valence-electron chi connectivity index (χ1n) is 6.42. The maximum absolute atomic E-state index is 11.5. The molecule has 4 nitrogen and oxygen atoms in total. The Balaban J connectivity index is 0.000000621. The standard InChI is InChI=1S/C9H13O3PS2.C4H11N/c1-3-11-13(10,14)12-8-4-6-9(15-2)7-5-8;1-4-5(2)3/h4-7H,3H2,1-2H3,(H,10,14);4H2,1-3H3. The van der Waals surface area contributed by atoms with Crippen molar-refractivity contribution in [1.29, 1.82) is 0 Å². The number of hydrogen-bond donors (Lipinski definition) is 1. The van der Waals surface area contributed by atoms with Gasteiger partial charge in [-0.25, -0.2) is 0 Å². The van der Waals surface area contributed by atoms with Gasteiger partial charge in [0.1, 0.15) is 5.75 Å². The Morgan fingerprint density at radius 3 is 2.10 bits per heavy atom. The molecule has 1 unspecified atom stereocenters. The molecular weight excluding hydrogens is 313 g/mol. The lowest BCUT2D eigenvalue weighted by molar-refractivity contribution is -0.856. The fraction of sp³-hybridized carbons (Fsp3) is 0.538. The van der Waals surface area contributed by atoms with E-state index in [0.717, 1.165) is 4.90 Å². The molecule has 0 saturated heterocycles. The highest BCUT2D eigenvalue weighted by Crippen LogP contribution is 2.39. The van der Waals surface area contributed by atoms with Gasteiger partial charge in [0.05, 0.1) is 27.2 Å². The maximum atomic E-state index is 11.5. The lowest BCUT2D eigenvalue weighted by atomic mass is 10.3. The molecule has 0 saturated carbocycles. The summed E-state index contributed by atoms with van der Waals surface area (Å²) in [6.45, 7) is 2.03. The van der Waals surface area contributed by atoms with E-state index in [1.54, 1.807) is 30.8 Å². The topological polar surface area (TPSA) is 46.0 Å². The van der Waals surface area contributed by atoms with Crippen LogP contribution >= 0.6 is 18.5 Å². The lowest BCUT2D eigenvalue weighted by Crippen LogP contribution is -3.05. The fourth-order valence-corrected chi connectivity index (χ4v) is 2.68. The number of thioether (sulfide) groups is 1. The summed E-state index contributed by atoms with van der Waals surface area (Å²) < 4.78 is 9.91. The van der Waals surface area contributed by atoms with E-state index in [1.807, 2.05) is 18.4 Å². The van der Waals surface area contributed by atoms with Gasteiger partial charge >= 0.3 is 0 Å². The van der Waals surface area contributed by atoms with Crippen molar-refractivity contribution in [2.24, 2.45) is 0 Å². The first kappa shape index (κ1) is 19.9. The highest BCUT2D eigenvalue weighted by Gasteiger charge is 2.04. The Labute approximate surface area is 131 Å². The Kier molecular flexibility index (Phi) is 10.5. The third-order valence-electron chi connectivity index (χ3n) is 2.27. The van der Waals surface area contributed by atoms with Crippen LogP contribution in [-0.4, -0.2) is 33.5 Å². The predicted octanol–water partition coefficient (Wildman–Crippen LogP) is 1.56. The first-order valence-corrected chi connectivity index (χ1v) is 10.2. The quantitative estimate of drug-likeness (QED) is 0.630. The second-order valence-corrected chi connectivity index (χ2v) is 7.75. The van der Waals surface area contributed by atoms with Crippen LogP contribution in [0.3, 0.4) is 0 Å². The average Bonchev–Trinajstić information content (AvgIpc) is 2.39. The molecule has 0 spiro atoms. The molecule has 1 aromatic rings. The number of nitrogens with one attached hydrogen (secondary N) is 1. The minimum absolute atomic E-state index is 0.281. The van der Waals surface area contributed by atoms with Crippen LogP contribution in [0.15, 0.2) is 29.2 Å². The highest BCUT2D eigenvalue weighted by molar-refractivity contribution is 8.06. The molecule has 0 aromatic heterocycles. The summed E-state index contributed by atoms with van der Waals surface area (Å²) in [5, 5.41) is 0. The molecule has 1 atom stereocenters. The smallest absolute Gasteiger partial charge is 0.169 e. The van der Waals surface area contributed by atoms with Gasteiger partial charge in [-0.3, -0.25) is 0 Å². The highest BCUT2D eigenvalue weighted by atomic mass is 32.5. The van der Waals surface area contributed by atoms with Crippen LogP contribution in [0, 0.1) is 0 Å². The zero-order chi connectivity index (χ0) is 15.6. The predicted molar refractivity (Wildman–Crippen MR) is 88.1 cm³/mol. The van der Waals surface area contributed by atoms with Crippen molar-refractivity contribution in [1.82, 2.24) is 0 Å². The summed E-state index contributed by atoms with van der Waals surface area (Å²) in [6, 6.07) is 7.20. The minimum Gasteiger partial charge on any atom is -0.770 e. The van der Waals surface area contributed by atoms with Crippen LogP contribution in [0.2, 0.25) is 0 Å². The van der Waals surface area contributed by atoms with Crippen molar-refractivity contribution in [2.45, 2.75) is 18.7 Å². The van der Waals surface area contributed by atoms with Gasteiger partial charge in [-0.1, -0.05) is 0 Å². The summed E-state index contributed by atoms with van der Waals surface area (Å²) >= 11 is 6.32. The summed E-state index contributed by atoms with van der Waals surface area (Å²) in [6.07, 6.45) is 1.98. The third kappa shape index (κ3) is 9.75. The Morgan fingerprint density at radius 1 is 1.25 bits per heavy atom. The lowest BCUT2D eigenvalue weighted by Gasteiger charge is -2.27. The number of hydrogen-bond acceptors (Lipinski definition) is 5. The van der Waals surface area contributed by atoms with E-state index in [-0.39, 0.29) is 6.61 Å². The molecule has 0 aliphatic carbocycles. The molecular formula is C13H24NO3PS2. The van der Waals surface area contributed by atoms with Gasteiger partial charge in [-0.2, -0.15) is 0 Å². The van der Waals surface area contributed by atoms with Crippen LogP contribution in [0.1, 0.15) is 13.8 Å². The molecule has 1 rings (SSSR count). The van der Waals surface area contributed by atoms with E-state index in [4.69, 9.17) is 20.9 Å². The number of quaternary nitrogens is 1. The van der Waals surface area contributed by atoms with Crippen molar-refractivity contribution in [3.8, 4) is 5.75 Å². The van der Waals surface area contributed by atoms with Gasteiger partial charge in [0, 0.05) is 4.90 Å². The van der Waals surface area contributed by atoms with Crippen LogP contribution < -0.4 is 14.3 Å². The molecule has 0 aliphatic heterocycles. The second kappa shape index (κ2) is 10.6. The van der Waals surface area contributed by atoms with E-state index < -0.39 is 6.72 Å². The Bertz CT molecular complexity index is 413. The Morgan fingerprint density at radius 2 is 1.75 bits per heavy atom. The molecule has 1 aromatic carbocycles. The van der Waals surface area contributed by atoms with Crippen LogP contribution in [0.5, 0.6) is 5.75 Å². The Hall–Kier alpha value is -0.100. The summed E-state index contributed by atoms with van der Waals surface area (Å²) in [7, 11) is 4.28. The second-order valence-electron chi connectivity index (χ2n) is 4.19. The minimum atomic E-state index is -3.36. The van der Waals surface area contributed by atoms with Crippen LogP contribution in [0.4, 0.5) is 0 Å². The molecule has 0 amide bonds. The van der Waals surface area contributed by atoms with Gasteiger partial charge in [0.2, 0.25) is 0 Å². The summed E-state index contributed by atoms with van der Waals surface area (Å²) in [4.78, 5) is 14.1. The van der Waals surface area contributed by atoms with E-state index in [0.29, 0.717) is 5.75 Å². The molecule has 0 fully saturated rings. The summed E-state index contributed by atoms with van der Waals surface area (Å²) in [5.41, 5.74) is 0. The number of rotatable bonds is 6. The van der Waals surface area contributed by atoms with Gasteiger partial charge in [0.25, 0.3) is 0 Å². The van der Waals surface area contributed by atoms with E-state index in [2.05, 4.69) is 21.0 Å². The van der Waals surface area contributed by atoms with Crippen molar-refractivity contribution in [3.63, 3.8) is 0 Å². The largest absolute Gasteiger partial charge is 0.770 e. The maximum Gasteiger partial charge on any atom is 0.169 e. The van der Waals surface area contributed by atoms with Crippen molar-refractivity contribution >= 4 is 30.3 Å². The van der Waals surface area contributed by atoms with Crippen molar-refractivity contribution in [3.05, 3.63) is 24.3 Å². The van der Waals surface area contributed by atoms with Gasteiger partial charge in [0.15, 0.2) is 6.72 Å². The molecule has 20 heavy (non-hydrogen) atoms. The van der Waals surface area contributed by atoms with E-state index >= 15 is 0 Å². The van der Waals surface area contributed by atoms with Crippen LogP contribution in [-0.2, 0) is 16.3 Å². The molecule has 0 heterocycles. The monoisotopic (exact) mass is 337 g/mol. The molecule has 0 aliphatic rings. The van der Waals surface area contributed by atoms with Crippen molar-refractivity contribution in [2.75, 3.05) is 33.5 Å². The fourth-order valence-electron chi connectivity index (χ4n) is 0.950. The first-order chi connectivity index (χ1) is 9.34. The molecule has 1 N–H and O–H groups in total. The number of benzene rings is 1. The van der Waals surface area contributed by atoms with E-state index in [9.17, 15) is 4.89 Å². The van der Waals surface area contributed by atoms with Crippen LogP contribution in [0.25, 0.3) is 0 Å². The zero-order valence-electron chi connectivity index (χ0n) is 12.7. The van der Waals surface area contributed by atoms with Crippen molar-refractivity contribution < 1.29 is 18.8 Å². The van der Waals surface area contributed by atoms with Gasteiger partial charge < -0.3 is 18.8 Å². The molecule has 7 heteroatoms. The molecule has 116 valence electrons. The van der Waals surface area contributed by atoms with E-state index in [1.165, 1.54) is 11.4 Å². The van der Waals surface area contributed by atoms with Gasteiger partial charge in [-0.15, -0.1) is 11.8 Å². The SMILES string of the molecule is CCOP([O-])(=S)Oc1ccc(SC)cc1.CC[NH+](C)C. The summed E-state index contributed by atoms with van der Waals surface area (Å²) in [5.74, 6) is 0.472. The normalized spacial score (nSPS) is 13.3. The zero-order valence-corrected chi connectivity index (χ0v) is 15.2. The average molecular weight is 337 g/mol. The molecule has 0 bridgehead atoms.